The van der Waals surface area contributed by atoms with E-state index in [1.807, 2.05) is 30.5 Å². The monoisotopic (exact) mass is 306 g/mol. The molecule has 0 amide bonds. The number of hydrogen-bond donors (Lipinski definition) is 1. The first kappa shape index (κ1) is 15.3. The summed E-state index contributed by atoms with van der Waals surface area (Å²) in [6, 6.07) is 5.87. The van der Waals surface area contributed by atoms with Gasteiger partial charge in [-0.1, -0.05) is 0 Å². The van der Waals surface area contributed by atoms with Gasteiger partial charge in [0.05, 0.1) is 26.3 Å². The van der Waals surface area contributed by atoms with Crippen molar-refractivity contribution in [2.75, 3.05) is 19.5 Å². The van der Waals surface area contributed by atoms with Crippen LogP contribution in [-0.2, 0) is 16.0 Å². The van der Waals surface area contributed by atoms with E-state index in [1.165, 1.54) is 18.4 Å². The number of benzene rings is 1. The molecule has 6 heteroatoms. The Morgan fingerprint density at radius 2 is 2.19 bits per heavy atom. The molecule has 1 N–H and O–H groups in total. The van der Waals surface area contributed by atoms with Crippen molar-refractivity contribution in [1.82, 2.24) is 4.98 Å². The number of rotatable bonds is 6. The van der Waals surface area contributed by atoms with E-state index in [0.29, 0.717) is 12.8 Å². The fraction of sp³-hybridized carbons (Fsp3) is 0.333. The Balaban J connectivity index is 1.99. The molecule has 2 rings (SSSR count). The summed E-state index contributed by atoms with van der Waals surface area (Å²) in [6.45, 7) is 1.99. The molecule has 0 aliphatic heterocycles. The Kier molecular flexibility index (Phi) is 5.16. The summed E-state index contributed by atoms with van der Waals surface area (Å²) in [6.07, 6.45) is 0.938. The van der Waals surface area contributed by atoms with E-state index in [4.69, 9.17) is 4.74 Å². The van der Waals surface area contributed by atoms with Crippen LogP contribution in [0.4, 0.5) is 10.8 Å². The zero-order valence-corrected chi connectivity index (χ0v) is 13.1. The van der Waals surface area contributed by atoms with Crippen molar-refractivity contribution in [1.29, 1.82) is 0 Å². The minimum absolute atomic E-state index is 0.219. The molecule has 0 atom stereocenters. The van der Waals surface area contributed by atoms with Crippen LogP contribution in [-0.4, -0.2) is 25.2 Å². The third-order valence-electron chi connectivity index (χ3n) is 3.01. The summed E-state index contributed by atoms with van der Waals surface area (Å²) >= 11 is 1.51. The first-order valence-corrected chi connectivity index (χ1v) is 7.43. The lowest BCUT2D eigenvalue weighted by Crippen LogP contribution is -2.02. The summed E-state index contributed by atoms with van der Waals surface area (Å²) in [5.74, 6) is 0.641. The molecule has 21 heavy (non-hydrogen) atoms. The maximum absolute atomic E-state index is 11.1. The highest BCUT2D eigenvalue weighted by Crippen LogP contribution is 2.26. The van der Waals surface area contributed by atoms with Gasteiger partial charge in [0.1, 0.15) is 5.75 Å². The quantitative estimate of drug-likeness (QED) is 0.830. The Labute approximate surface area is 127 Å². The predicted octanol–water partition coefficient (Wildman–Crippen LogP) is 3.31. The molecule has 0 spiro atoms. The molecule has 1 aromatic heterocycles. The van der Waals surface area contributed by atoms with Gasteiger partial charge in [-0.15, -0.1) is 11.3 Å². The Hall–Kier alpha value is -2.08. The van der Waals surface area contributed by atoms with E-state index in [2.05, 4.69) is 15.0 Å². The molecular formula is C15H18N2O3S. The molecule has 0 saturated heterocycles. The van der Waals surface area contributed by atoms with E-state index < -0.39 is 0 Å². The number of ether oxygens (including phenoxy) is 2. The second-order valence-electron chi connectivity index (χ2n) is 4.53. The normalized spacial score (nSPS) is 10.2. The number of esters is 1. The van der Waals surface area contributed by atoms with Crippen molar-refractivity contribution in [2.45, 2.75) is 19.8 Å². The molecular weight excluding hydrogens is 288 g/mol. The molecule has 1 aromatic carbocycles. The van der Waals surface area contributed by atoms with E-state index in [1.54, 1.807) is 7.11 Å². The van der Waals surface area contributed by atoms with Gasteiger partial charge in [-0.05, 0) is 30.7 Å². The van der Waals surface area contributed by atoms with E-state index in [0.717, 1.165) is 27.8 Å². The zero-order chi connectivity index (χ0) is 15.2. The number of carbonyl (C=O) groups is 1. The summed E-state index contributed by atoms with van der Waals surface area (Å²) in [5, 5.41) is 6.00. The second-order valence-corrected chi connectivity index (χ2v) is 5.39. The van der Waals surface area contributed by atoms with Gasteiger partial charge in [-0.2, -0.15) is 0 Å². The molecule has 0 aliphatic carbocycles. The van der Waals surface area contributed by atoms with Crippen LogP contribution in [0.2, 0.25) is 0 Å². The molecule has 0 saturated carbocycles. The standard InChI is InChI=1S/C15H18N2O3S/c1-10-8-11(4-6-13(10)19-2)16-15-17-12(9-21-15)5-7-14(18)20-3/h4,6,8-9H,5,7H2,1-3H3,(H,16,17). The van der Waals surface area contributed by atoms with Gasteiger partial charge in [-0.25, -0.2) is 4.98 Å². The minimum Gasteiger partial charge on any atom is -0.496 e. The van der Waals surface area contributed by atoms with Gasteiger partial charge in [0.15, 0.2) is 5.13 Å². The van der Waals surface area contributed by atoms with Crippen molar-refractivity contribution >= 4 is 28.1 Å². The van der Waals surface area contributed by atoms with Gasteiger partial charge in [-0.3, -0.25) is 4.79 Å². The smallest absolute Gasteiger partial charge is 0.305 e. The number of nitrogens with zero attached hydrogens (tertiary/aromatic N) is 1. The van der Waals surface area contributed by atoms with Crippen molar-refractivity contribution in [3.05, 3.63) is 34.8 Å². The van der Waals surface area contributed by atoms with Gasteiger partial charge >= 0.3 is 5.97 Å². The van der Waals surface area contributed by atoms with Crippen molar-refractivity contribution in [3.8, 4) is 5.75 Å². The first-order chi connectivity index (χ1) is 10.1. The van der Waals surface area contributed by atoms with Crippen LogP contribution in [0.25, 0.3) is 0 Å². The lowest BCUT2D eigenvalue weighted by molar-refractivity contribution is -0.140. The average molecular weight is 306 g/mol. The number of methoxy groups -OCH3 is 2. The number of hydrogen-bond acceptors (Lipinski definition) is 6. The molecule has 5 nitrogen and oxygen atoms in total. The number of aryl methyl sites for hydroxylation is 2. The van der Waals surface area contributed by atoms with Gasteiger partial charge in [0.2, 0.25) is 0 Å². The number of anilines is 2. The second kappa shape index (κ2) is 7.08. The van der Waals surface area contributed by atoms with Crippen LogP contribution < -0.4 is 10.1 Å². The van der Waals surface area contributed by atoms with E-state index in [-0.39, 0.29) is 5.97 Å². The molecule has 0 aliphatic rings. The van der Waals surface area contributed by atoms with Gasteiger partial charge < -0.3 is 14.8 Å². The lowest BCUT2D eigenvalue weighted by atomic mass is 10.2. The fourth-order valence-corrected chi connectivity index (χ4v) is 2.66. The highest BCUT2D eigenvalue weighted by atomic mass is 32.1. The van der Waals surface area contributed by atoms with E-state index >= 15 is 0 Å². The van der Waals surface area contributed by atoms with Crippen LogP contribution in [0, 0.1) is 6.92 Å². The van der Waals surface area contributed by atoms with Crippen molar-refractivity contribution < 1.29 is 14.3 Å². The summed E-state index contributed by atoms with van der Waals surface area (Å²) in [5.41, 5.74) is 2.91. The number of aromatic nitrogens is 1. The Bertz CT molecular complexity index is 625. The maximum atomic E-state index is 11.1. The van der Waals surface area contributed by atoms with Crippen LogP contribution >= 0.6 is 11.3 Å². The molecule has 0 bridgehead atoms. The SMILES string of the molecule is COC(=O)CCc1csc(Nc2ccc(OC)c(C)c2)n1. The van der Waals surface area contributed by atoms with Crippen LogP contribution in [0.15, 0.2) is 23.6 Å². The van der Waals surface area contributed by atoms with Crippen LogP contribution in [0.3, 0.4) is 0 Å². The largest absolute Gasteiger partial charge is 0.496 e. The minimum atomic E-state index is -0.219. The molecule has 0 unspecified atom stereocenters. The Morgan fingerprint density at radius 1 is 1.38 bits per heavy atom. The summed E-state index contributed by atoms with van der Waals surface area (Å²) in [4.78, 5) is 15.6. The third-order valence-corrected chi connectivity index (χ3v) is 3.82. The molecule has 112 valence electrons. The first-order valence-electron chi connectivity index (χ1n) is 6.55. The molecule has 0 radical (unpaired) electrons. The zero-order valence-electron chi connectivity index (χ0n) is 12.3. The van der Waals surface area contributed by atoms with Gasteiger partial charge in [0.25, 0.3) is 0 Å². The highest BCUT2D eigenvalue weighted by Gasteiger charge is 2.07. The number of thiazole rings is 1. The van der Waals surface area contributed by atoms with Gasteiger partial charge in [0, 0.05) is 17.5 Å². The maximum Gasteiger partial charge on any atom is 0.305 e. The summed E-state index contributed by atoms with van der Waals surface area (Å²) in [7, 11) is 3.05. The number of nitrogens with one attached hydrogen (secondary N) is 1. The topological polar surface area (TPSA) is 60.5 Å². The van der Waals surface area contributed by atoms with Crippen LogP contribution in [0.5, 0.6) is 5.75 Å². The van der Waals surface area contributed by atoms with Crippen molar-refractivity contribution in [3.63, 3.8) is 0 Å². The molecule has 2 aromatic rings. The fourth-order valence-electron chi connectivity index (χ4n) is 1.89. The predicted molar refractivity (Wildman–Crippen MR) is 83.5 cm³/mol. The average Bonchev–Trinajstić information content (AvgIpc) is 2.92. The number of carbonyl (C=O) groups excluding carboxylic acids is 1. The molecule has 0 fully saturated rings. The Morgan fingerprint density at radius 3 is 2.86 bits per heavy atom. The highest BCUT2D eigenvalue weighted by molar-refractivity contribution is 7.13. The summed E-state index contributed by atoms with van der Waals surface area (Å²) < 4.78 is 9.85. The molecule has 1 heterocycles. The van der Waals surface area contributed by atoms with Crippen molar-refractivity contribution in [2.24, 2.45) is 0 Å². The van der Waals surface area contributed by atoms with Crippen LogP contribution in [0.1, 0.15) is 17.7 Å². The van der Waals surface area contributed by atoms with E-state index in [9.17, 15) is 4.79 Å². The lowest BCUT2D eigenvalue weighted by Gasteiger charge is -2.07. The third kappa shape index (κ3) is 4.19.